The van der Waals surface area contributed by atoms with Crippen LogP contribution < -0.4 is 5.48 Å². The van der Waals surface area contributed by atoms with Gasteiger partial charge in [-0.25, -0.2) is 5.48 Å². The van der Waals surface area contributed by atoms with Gasteiger partial charge in [-0.2, -0.15) is 0 Å². The lowest BCUT2D eigenvalue weighted by Gasteiger charge is -2.25. The molecule has 102 valence electrons. The number of fused-ring (bicyclic) bond motifs is 1. The van der Waals surface area contributed by atoms with Gasteiger partial charge in [-0.1, -0.05) is 37.1 Å². The Balaban J connectivity index is 1.64. The van der Waals surface area contributed by atoms with Gasteiger partial charge in [-0.15, -0.1) is 0 Å². The minimum absolute atomic E-state index is 0.0269. The van der Waals surface area contributed by atoms with E-state index < -0.39 is 0 Å². The molecule has 19 heavy (non-hydrogen) atoms. The van der Waals surface area contributed by atoms with Crippen molar-refractivity contribution in [2.45, 2.75) is 57.0 Å². The molecular formula is C16H21NO2. The highest BCUT2D eigenvalue weighted by molar-refractivity contribution is 5.83. The molecule has 1 fully saturated rings. The molecule has 0 heterocycles. The van der Waals surface area contributed by atoms with E-state index in [1.165, 1.54) is 24.0 Å². The number of hydroxylamine groups is 1. The third-order valence-corrected chi connectivity index (χ3v) is 4.31. The summed E-state index contributed by atoms with van der Waals surface area (Å²) in [5.74, 6) is -0.00889. The molecule has 2 aliphatic rings. The third-order valence-electron chi connectivity index (χ3n) is 4.31. The first-order chi connectivity index (χ1) is 9.34. The SMILES string of the molecule is O=C(NOC1CCCC1)C1CCCc2ccccc21. The van der Waals surface area contributed by atoms with Crippen LogP contribution in [0.3, 0.4) is 0 Å². The Morgan fingerprint density at radius 3 is 2.74 bits per heavy atom. The van der Waals surface area contributed by atoms with E-state index in [4.69, 9.17) is 4.84 Å². The minimum atomic E-state index is -0.0358. The van der Waals surface area contributed by atoms with E-state index in [1.807, 2.05) is 12.1 Å². The number of hydrogen-bond acceptors (Lipinski definition) is 2. The maximum Gasteiger partial charge on any atom is 0.251 e. The van der Waals surface area contributed by atoms with Crippen molar-refractivity contribution in [3.05, 3.63) is 35.4 Å². The first-order valence-corrected chi connectivity index (χ1v) is 7.38. The number of carbonyl (C=O) groups is 1. The molecule has 1 aromatic carbocycles. The van der Waals surface area contributed by atoms with Crippen molar-refractivity contribution < 1.29 is 9.63 Å². The van der Waals surface area contributed by atoms with Crippen LogP contribution in [0, 0.1) is 0 Å². The van der Waals surface area contributed by atoms with Crippen LogP contribution in [0.1, 0.15) is 55.6 Å². The Kier molecular flexibility index (Phi) is 3.83. The Morgan fingerprint density at radius 1 is 1.11 bits per heavy atom. The van der Waals surface area contributed by atoms with E-state index in [2.05, 4.69) is 17.6 Å². The average molecular weight is 259 g/mol. The normalized spacial score (nSPS) is 23.1. The Morgan fingerprint density at radius 2 is 1.89 bits per heavy atom. The smallest absolute Gasteiger partial charge is 0.251 e. The van der Waals surface area contributed by atoms with Gasteiger partial charge in [-0.05, 0) is 43.2 Å². The molecule has 1 N–H and O–H groups in total. The zero-order valence-corrected chi connectivity index (χ0v) is 11.2. The van der Waals surface area contributed by atoms with Gasteiger partial charge in [0, 0.05) is 0 Å². The summed E-state index contributed by atoms with van der Waals surface area (Å²) >= 11 is 0. The predicted octanol–water partition coefficient (Wildman–Crippen LogP) is 3.10. The summed E-state index contributed by atoms with van der Waals surface area (Å²) in [7, 11) is 0. The molecule has 1 aromatic rings. The molecule has 3 rings (SSSR count). The topological polar surface area (TPSA) is 38.3 Å². The lowest BCUT2D eigenvalue weighted by Crippen LogP contribution is -2.34. The Hall–Kier alpha value is -1.35. The molecule has 3 heteroatoms. The van der Waals surface area contributed by atoms with E-state index in [0.29, 0.717) is 0 Å². The van der Waals surface area contributed by atoms with Crippen molar-refractivity contribution in [2.24, 2.45) is 0 Å². The number of aryl methyl sites for hydroxylation is 1. The van der Waals surface area contributed by atoms with Crippen molar-refractivity contribution in [2.75, 3.05) is 0 Å². The summed E-state index contributed by atoms with van der Waals surface area (Å²) in [4.78, 5) is 17.8. The van der Waals surface area contributed by atoms with Crippen molar-refractivity contribution >= 4 is 5.91 Å². The van der Waals surface area contributed by atoms with Crippen molar-refractivity contribution in [3.8, 4) is 0 Å². The van der Waals surface area contributed by atoms with Crippen LogP contribution >= 0.6 is 0 Å². The van der Waals surface area contributed by atoms with Crippen LogP contribution in [0.5, 0.6) is 0 Å². The van der Waals surface area contributed by atoms with E-state index in [0.717, 1.165) is 32.1 Å². The zero-order valence-electron chi connectivity index (χ0n) is 11.2. The van der Waals surface area contributed by atoms with Crippen LogP contribution in [0.4, 0.5) is 0 Å². The first kappa shape index (κ1) is 12.7. The molecule has 1 saturated carbocycles. The molecule has 0 radical (unpaired) electrons. The number of benzene rings is 1. The molecule has 0 bridgehead atoms. The summed E-state index contributed by atoms with van der Waals surface area (Å²) in [6.07, 6.45) is 7.89. The van der Waals surface area contributed by atoms with Crippen LogP contribution in [0.15, 0.2) is 24.3 Å². The summed E-state index contributed by atoms with van der Waals surface area (Å²) < 4.78 is 0. The van der Waals surface area contributed by atoms with Crippen molar-refractivity contribution in [1.82, 2.24) is 5.48 Å². The third kappa shape index (κ3) is 2.81. The van der Waals surface area contributed by atoms with Crippen molar-refractivity contribution in [3.63, 3.8) is 0 Å². The lowest BCUT2D eigenvalue weighted by molar-refractivity contribution is -0.140. The molecule has 1 amide bonds. The molecule has 0 spiro atoms. The quantitative estimate of drug-likeness (QED) is 0.847. The number of carbonyl (C=O) groups excluding carboxylic acids is 1. The maximum absolute atomic E-state index is 12.3. The van der Waals surface area contributed by atoms with Gasteiger partial charge in [0.05, 0.1) is 12.0 Å². The van der Waals surface area contributed by atoms with E-state index >= 15 is 0 Å². The first-order valence-electron chi connectivity index (χ1n) is 7.38. The lowest BCUT2D eigenvalue weighted by atomic mass is 9.82. The highest BCUT2D eigenvalue weighted by Crippen LogP contribution is 2.31. The fraction of sp³-hybridized carbons (Fsp3) is 0.562. The number of rotatable bonds is 3. The minimum Gasteiger partial charge on any atom is -0.272 e. The second-order valence-electron chi connectivity index (χ2n) is 5.63. The van der Waals surface area contributed by atoms with Gasteiger partial charge in [-0.3, -0.25) is 9.63 Å². The summed E-state index contributed by atoms with van der Waals surface area (Å²) in [6, 6.07) is 8.28. The van der Waals surface area contributed by atoms with Gasteiger partial charge in [0.15, 0.2) is 0 Å². The summed E-state index contributed by atoms with van der Waals surface area (Å²) in [5.41, 5.74) is 5.19. The van der Waals surface area contributed by atoms with E-state index in [-0.39, 0.29) is 17.9 Å². The molecule has 0 aliphatic heterocycles. The predicted molar refractivity (Wildman–Crippen MR) is 73.6 cm³/mol. The molecule has 1 atom stereocenters. The van der Waals surface area contributed by atoms with E-state index in [9.17, 15) is 4.79 Å². The molecular weight excluding hydrogens is 238 g/mol. The van der Waals surface area contributed by atoms with Gasteiger partial charge in [0.1, 0.15) is 0 Å². The highest BCUT2D eigenvalue weighted by atomic mass is 16.7. The Labute approximate surface area is 114 Å². The number of nitrogens with one attached hydrogen (secondary N) is 1. The van der Waals surface area contributed by atoms with E-state index in [1.54, 1.807) is 0 Å². The van der Waals surface area contributed by atoms with Gasteiger partial charge in [0.2, 0.25) is 0 Å². The fourth-order valence-corrected chi connectivity index (χ4v) is 3.25. The molecule has 1 unspecified atom stereocenters. The number of amides is 1. The van der Waals surface area contributed by atoms with Crippen molar-refractivity contribution in [1.29, 1.82) is 0 Å². The second kappa shape index (κ2) is 5.74. The van der Waals surface area contributed by atoms with Crippen LogP contribution in [-0.2, 0) is 16.1 Å². The maximum atomic E-state index is 12.3. The average Bonchev–Trinajstić information content (AvgIpc) is 2.97. The molecule has 0 aromatic heterocycles. The summed E-state index contributed by atoms with van der Waals surface area (Å²) in [5, 5.41) is 0. The van der Waals surface area contributed by atoms with Gasteiger partial charge >= 0.3 is 0 Å². The van der Waals surface area contributed by atoms with Crippen LogP contribution in [0.2, 0.25) is 0 Å². The molecule has 0 saturated heterocycles. The van der Waals surface area contributed by atoms with Crippen LogP contribution in [-0.4, -0.2) is 12.0 Å². The molecule has 2 aliphatic carbocycles. The van der Waals surface area contributed by atoms with Gasteiger partial charge in [0.25, 0.3) is 5.91 Å². The monoisotopic (exact) mass is 259 g/mol. The Bertz CT molecular complexity index is 452. The largest absolute Gasteiger partial charge is 0.272 e. The van der Waals surface area contributed by atoms with Gasteiger partial charge < -0.3 is 0 Å². The standard InChI is InChI=1S/C16H21NO2/c18-16(17-19-13-8-2-3-9-13)15-11-5-7-12-6-1-4-10-14(12)15/h1,4,6,10,13,15H,2-3,5,7-9,11H2,(H,17,18). The zero-order chi connectivity index (χ0) is 13.1. The molecule has 3 nitrogen and oxygen atoms in total. The van der Waals surface area contributed by atoms with Crippen LogP contribution in [0.25, 0.3) is 0 Å². The second-order valence-corrected chi connectivity index (χ2v) is 5.63. The fourth-order valence-electron chi connectivity index (χ4n) is 3.25. The highest BCUT2D eigenvalue weighted by Gasteiger charge is 2.27. The summed E-state index contributed by atoms with van der Waals surface area (Å²) in [6.45, 7) is 0. The number of hydrogen-bond donors (Lipinski definition) is 1.